The highest BCUT2D eigenvalue weighted by Crippen LogP contribution is 2.15. The monoisotopic (exact) mass is 215 g/mol. The average Bonchev–Trinajstić information content (AvgIpc) is 1.86. The van der Waals surface area contributed by atoms with Gasteiger partial charge >= 0.3 is 0 Å². The Balaban J connectivity index is 0. The first-order chi connectivity index (χ1) is 4.83. The highest BCUT2D eigenvalue weighted by molar-refractivity contribution is 7.91. The zero-order chi connectivity index (χ0) is 9.12. The van der Waals surface area contributed by atoms with Crippen LogP contribution in [0.25, 0.3) is 0 Å². The molecule has 0 fully saturated rings. The lowest BCUT2D eigenvalue weighted by Gasteiger charge is -2.21. The van der Waals surface area contributed by atoms with E-state index < -0.39 is 9.84 Å². The Hall–Kier alpha value is 0.200. The maximum absolute atomic E-state index is 11.1. The molecule has 0 radical (unpaired) electrons. The van der Waals surface area contributed by atoms with Gasteiger partial charge in [-0.25, -0.2) is 8.42 Å². The van der Waals surface area contributed by atoms with Crippen LogP contribution in [0.2, 0.25) is 0 Å². The van der Waals surface area contributed by atoms with E-state index in [1.807, 2.05) is 13.8 Å². The van der Waals surface area contributed by atoms with Gasteiger partial charge in [0.05, 0.1) is 5.75 Å². The summed E-state index contributed by atoms with van der Waals surface area (Å²) in [7, 11) is -2.87. The van der Waals surface area contributed by atoms with Crippen molar-refractivity contribution in [2.75, 3.05) is 18.1 Å². The van der Waals surface area contributed by atoms with Crippen LogP contribution < -0.4 is 5.73 Å². The van der Waals surface area contributed by atoms with Crippen LogP contribution in [-0.4, -0.2) is 26.5 Å². The fourth-order valence-corrected chi connectivity index (χ4v) is 2.27. The molecule has 12 heavy (non-hydrogen) atoms. The van der Waals surface area contributed by atoms with Crippen LogP contribution in [0.4, 0.5) is 0 Å². The van der Waals surface area contributed by atoms with E-state index in [4.69, 9.17) is 5.73 Å². The SMILES string of the molecule is CCS(=O)(=O)CC(C)(C)CN.Cl. The summed E-state index contributed by atoms with van der Waals surface area (Å²) in [5.74, 6) is 0.392. The lowest BCUT2D eigenvalue weighted by molar-refractivity contribution is 0.425. The molecule has 0 spiro atoms. The van der Waals surface area contributed by atoms with Crippen molar-refractivity contribution in [2.24, 2.45) is 11.1 Å². The van der Waals surface area contributed by atoms with Crippen molar-refractivity contribution in [1.29, 1.82) is 0 Å². The zero-order valence-corrected chi connectivity index (χ0v) is 9.46. The first kappa shape index (κ1) is 14.7. The summed E-state index contributed by atoms with van der Waals surface area (Å²) in [4.78, 5) is 0. The first-order valence-electron chi connectivity index (χ1n) is 3.73. The molecular formula is C7H18ClNO2S. The lowest BCUT2D eigenvalue weighted by atomic mass is 9.97. The molecule has 0 heterocycles. The van der Waals surface area contributed by atoms with Gasteiger partial charge in [-0.1, -0.05) is 20.8 Å². The predicted molar refractivity (Wildman–Crippen MR) is 54.4 cm³/mol. The van der Waals surface area contributed by atoms with E-state index in [9.17, 15) is 8.42 Å². The zero-order valence-electron chi connectivity index (χ0n) is 7.83. The summed E-state index contributed by atoms with van der Waals surface area (Å²) in [5, 5.41) is 0. The number of rotatable bonds is 4. The van der Waals surface area contributed by atoms with E-state index in [1.165, 1.54) is 0 Å². The topological polar surface area (TPSA) is 60.2 Å². The average molecular weight is 216 g/mol. The van der Waals surface area contributed by atoms with Crippen molar-refractivity contribution in [3.63, 3.8) is 0 Å². The Morgan fingerprint density at radius 1 is 1.33 bits per heavy atom. The summed E-state index contributed by atoms with van der Waals surface area (Å²) in [5.41, 5.74) is 5.12. The molecule has 0 aromatic rings. The molecule has 2 N–H and O–H groups in total. The molecule has 0 unspecified atom stereocenters. The Morgan fingerprint density at radius 2 is 1.75 bits per heavy atom. The van der Waals surface area contributed by atoms with Gasteiger partial charge in [-0.15, -0.1) is 12.4 Å². The van der Waals surface area contributed by atoms with E-state index >= 15 is 0 Å². The van der Waals surface area contributed by atoms with Crippen LogP contribution in [-0.2, 0) is 9.84 Å². The van der Waals surface area contributed by atoms with Gasteiger partial charge in [-0.3, -0.25) is 0 Å². The van der Waals surface area contributed by atoms with Crippen LogP contribution in [0.3, 0.4) is 0 Å². The Bertz CT molecular complexity index is 211. The van der Waals surface area contributed by atoms with Gasteiger partial charge in [-0.2, -0.15) is 0 Å². The third-order valence-electron chi connectivity index (χ3n) is 1.60. The molecule has 0 amide bonds. The largest absolute Gasteiger partial charge is 0.330 e. The van der Waals surface area contributed by atoms with Crippen molar-refractivity contribution < 1.29 is 8.42 Å². The molecule has 5 heteroatoms. The highest BCUT2D eigenvalue weighted by atomic mass is 35.5. The molecule has 0 bridgehead atoms. The fourth-order valence-electron chi connectivity index (χ4n) is 0.756. The van der Waals surface area contributed by atoms with Crippen molar-refractivity contribution in [2.45, 2.75) is 20.8 Å². The number of hydrogen-bond acceptors (Lipinski definition) is 3. The number of halogens is 1. The van der Waals surface area contributed by atoms with Crippen LogP contribution in [0.1, 0.15) is 20.8 Å². The molecule has 0 aromatic heterocycles. The minimum atomic E-state index is -2.87. The Morgan fingerprint density at radius 3 is 2.00 bits per heavy atom. The molecule has 0 saturated heterocycles. The third-order valence-corrected chi connectivity index (χ3v) is 3.70. The maximum Gasteiger partial charge on any atom is 0.150 e. The summed E-state index contributed by atoms with van der Waals surface area (Å²) in [6, 6.07) is 0. The Kier molecular flexibility index (Phi) is 6.18. The molecular weight excluding hydrogens is 198 g/mol. The first-order valence-corrected chi connectivity index (χ1v) is 5.55. The minimum Gasteiger partial charge on any atom is -0.330 e. The molecule has 0 aliphatic heterocycles. The van der Waals surface area contributed by atoms with Gasteiger partial charge in [0.25, 0.3) is 0 Å². The molecule has 0 aromatic carbocycles. The fraction of sp³-hybridized carbons (Fsp3) is 1.00. The van der Waals surface area contributed by atoms with Gasteiger partial charge < -0.3 is 5.73 Å². The molecule has 0 aliphatic rings. The van der Waals surface area contributed by atoms with Gasteiger partial charge in [0, 0.05) is 5.75 Å². The van der Waals surface area contributed by atoms with E-state index in [0.717, 1.165) is 0 Å². The summed E-state index contributed by atoms with van der Waals surface area (Å²) >= 11 is 0. The normalized spacial score (nSPS) is 12.3. The van der Waals surface area contributed by atoms with E-state index in [1.54, 1.807) is 6.92 Å². The van der Waals surface area contributed by atoms with Gasteiger partial charge in [0.15, 0.2) is 9.84 Å². The summed E-state index contributed by atoms with van der Waals surface area (Å²) in [6.45, 7) is 5.79. The van der Waals surface area contributed by atoms with Crippen molar-refractivity contribution in [3.05, 3.63) is 0 Å². The molecule has 3 nitrogen and oxygen atoms in total. The quantitative estimate of drug-likeness (QED) is 0.756. The van der Waals surface area contributed by atoms with Crippen LogP contribution >= 0.6 is 12.4 Å². The van der Waals surface area contributed by atoms with Crippen LogP contribution in [0.5, 0.6) is 0 Å². The number of hydrogen-bond donors (Lipinski definition) is 1. The smallest absolute Gasteiger partial charge is 0.150 e. The molecule has 0 atom stereocenters. The number of nitrogens with two attached hydrogens (primary N) is 1. The van der Waals surface area contributed by atoms with Gasteiger partial charge in [0.2, 0.25) is 0 Å². The van der Waals surface area contributed by atoms with Crippen molar-refractivity contribution in [3.8, 4) is 0 Å². The number of sulfone groups is 1. The predicted octanol–water partition coefficient (Wildman–Crippen LogP) is 0.828. The van der Waals surface area contributed by atoms with Gasteiger partial charge in [0.1, 0.15) is 0 Å². The van der Waals surface area contributed by atoms with Crippen LogP contribution in [0, 0.1) is 5.41 Å². The second-order valence-corrected chi connectivity index (χ2v) is 5.90. The van der Waals surface area contributed by atoms with E-state index in [2.05, 4.69) is 0 Å². The molecule has 0 rings (SSSR count). The highest BCUT2D eigenvalue weighted by Gasteiger charge is 2.23. The van der Waals surface area contributed by atoms with Crippen molar-refractivity contribution >= 4 is 22.2 Å². The van der Waals surface area contributed by atoms with Crippen molar-refractivity contribution in [1.82, 2.24) is 0 Å². The lowest BCUT2D eigenvalue weighted by Crippen LogP contribution is -2.32. The van der Waals surface area contributed by atoms with Gasteiger partial charge in [-0.05, 0) is 12.0 Å². The van der Waals surface area contributed by atoms with Crippen LogP contribution in [0.15, 0.2) is 0 Å². The Labute approximate surface area is 81.0 Å². The summed E-state index contributed by atoms with van der Waals surface area (Å²) < 4.78 is 22.2. The molecule has 76 valence electrons. The van der Waals surface area contributed by atoms with E-state index in [-0.39, 0.29) is 29.3 Å². The molecule has 0 saturated carbocycles. The molecule has 0 aliphatic carbocycles. The second kappa shape index (κ2) is 5.04. The summed E-state index contributed by atoms with van der Waals surface area (Å²) in [6.07, 6.45) is 0. The second-order valence-electron chi connectivity index (χ2n) is 3.54. The third kappa shape index (κ3) is 5.80. The minimum absolute atomic E-state index is 0. The standard InChI is InChI=1S/C7H17NO2S.ClH/c1-4-11(9,10)6-7(2,3)5-8;/h4-6,8H2,1-3H3;1H. The van der Waals surface area contributed by atoms with E-state index in [0.29, 0.717) is 6.54 Å². The maximum atomic E-state index is 11.1.